The first-order valence-electron chi connectivity index (χ1n) is 11.4. The van der Waals surface area contributed by atoms with Gasteiger partial charge in [0.25, 0.3) is 0 Å². The summed E-state index contributed by atoms with van der Waals surface area (Å²) in [5.41, 5.74) is 0. The van der Waals surface area contributed by atoms with Crippen LogP contribution in [-0.2, 0) is 0 Å². The number of hydrogen-bond acceptors (Lipinski definition) is 0. The fraction of sp³-hybridized carbons (Fsp3) is 0.125. The van der Waals surface area contributed by atoms with Crippen molar-refractivity contribution in [2.24, 2.45) is 0 Å². The molecule has 160 valence electrons. The minimum Gasteiger partial charge on any atom is -0.0842 e. The molecule has 0 heteroatoms. The largest absolute Gasteiger partial charge is 0.0842 e. The van der Waals surface area contributed by atoms with E-state index in [0.717, 1.165) is 0 Å². The SMILES string of the molecule is C1=CCCC=C1.C1=c2ccccc2=CCC1.c1ccc2ccccc2c1.c1ccccc1. The summed E-state index contributed by atoms with van der Waals surface area (Å²) in [6, 6.07) is 37.2. The van der Waals surface area contributed by atoms with E-state index in [-0.39, 0.29) is 0 Å². The van der Waals surface area contributed by atoms with Crippen molar-refractivity contribution in [2.75, 3.05) is 0 Å². The maximum Gasteiger partial charge on any atom is -0.0184 e. The molecule has 4 aromatic carbocycles. The van der Waals surface area contributed by atoms with Crippen LogP contribution < -0.4 is 10.4 Å². The van der Waals surface area contributed by atoms with Gasteiger partial charge in [0.05, 0.1) is 0 Å². The zero-order valence-corrected chi connectivity index (χ0v) is 18.7. The predicted octanol–water partition coefficient (Wildman–Crippen LogP) is 7.46. The van der Waals surface area contributed by atoms with Crippen molar-refractivity contribution in [3.05, 3.63) is 144 Å². The van der Waals surface area contributed by atoms with Crippen molar-refractivity contribution in [3.8, 4) is 0 Å². The second kappa shape index (κ2) is 14.4. The molecule has 0 nitrogen and oxygen atoms in total. The molecular weight excluding hydrogens is 384 g/mol. The van der Waals surface area contributed by atoms with Crippen LogP contribution in [0.4, 0.5) is 0 Å². The Kier molecular flexibility index (Phi) is 10.4. The first-order chi connectivity index (χ1) is 15.9. The fourth-order valence-corrected chi connectivity index (χ4v) is 3.42. The van der Waals surface area contributed by atoms with Crippen molar-refractivity contribution in [1.82, 2.24) is 0 Å². The topological polar surface area (TPSA) is 0 Å². The van der Waals surface area contributed by atoms with E-state index in [2.05, 4.69) is 109 Å². The van der Waals surface area contributed by atoms with Gasteiger partial charge < -0.3 is 0 Å². The van der Waals surface area contributed by atoms with Gasteiger partial charge in [0.1, 0.15) is 0 Å². The molecule has 0 fully saturated rings. The molecule has 2 aliphatic carbocycles. The van der Waals surface area contributed by atoms with E-state index in [1.54, 1.807) is 0 Å². The quantitative estimate of drug-likeness (QED) is 0.279. The Morgan fingerprint density at radius 3 is 1.00 bits per heavy atom. The average Bonchev–Trinajstić information content (AvgIpc) is 2.92. The van der Waals surface area contributed by atoms with E-state index in [9.17, 15) is 0 Å². The van der Waals surface area contributed by atoms with Crippen LogP contribution in [0.1, 0.15) is 25.7 Å². The molecule has 0 unspecified atom stereocenters. The van der Waals surface area contributed by atoms with Crippen LogP contribution in [0.15, 0.2) is 133 Å². The van der Waals surface area contributed by atoms with Gasteiger partial charge in [-0.3, -0.25) is 0 Å². The molecule has 6 rings (SSSR count). The zero-order valence-electron chi connectivity index (χ0n) is 18.7. The molecule has 0 spiro atoms. The van der Waals surface area contributed by atoms with Crippen molar-refractivity contribution in [2.45, 2.75) is 25.7 Å². The lowest BCUT2D eigenvalue weighted by Crippen LogP contribution is -2.25. The molecule has 0 aromatic heterocycles. The highest BCUT2D eigenvalue weighted by Crippen LogP contribution is 2.11. The van der Waals surface area contributed by atoms with Crippen molar-refractivity contribution in [1.29, 1.82) is 0 Å². The first kappa shape index (κ1) is 23.0. The van der Waals surface area contributed by atoms with Crippen LogP contribution >= 0.6 is 0 Å². The van der Waals surface area contributed by atoms with Crippen molar-refractivity contribution < 1.29 is 0 Å². The minimum absolute atomic E-state index is 1.21. The van der Waals surface area contributed by atoms with E-state index in [0.29, 0.717) is 0 Å². The third kappa shape index (κ3) is 8.62. The van der Waals surface area contributed by atoms with Gasteiger partial charge in [-0.1, -0.05) is 146 Å². The molecule has 0 bridgehead atoms. The summed E-state index contributed by atoms with van der Waals surface area (Å²) < 4.78 is 0. The summed E-state index contributed by atoms with van der Waals surface area (Å²) in [6.07, 6.45) is 18.0. The van der Waals surface area contributed by atoms with Gasteiger partial charge in [0.2, 0.25) is 0 Å². The highest BCUT2D eigenvalue weighted by molar-refractivity contribution is 5.82. The van der Waals surface area contributed by atoms with Gasteiger partial charge in [-0.25, -0.2) is 0 Å². The Morgan fingerprint density at radius 1 is 0.344 bits per heavy atom. The van der Waals surface area contributed by atoms with Gasteiger partial charge in [0, 0.05) is 0 Å². The number of rotatable bonds is 0. The zero-order chi connectivity index (χ0) is 22.1. The lowest BCUT2D eigenvalue weighted by molar-refractivity contribution is 1.04. The van der Waals surface area contributed by atoms with E-state index >= 15 is 0 Å². The summed E-state index contributed by atoms with van der Waals surface area (Å²) in [7, 11) is 0. The summed E-state index contributed by atoms with van der Waals surface area (Å²) in [6.45, 7) is 0. The standard InChI is InChI=1S/C10H10.C10H8.C6H8.C6H6/c2*1-2-6-10-8-4-3-7-9(10)5-1;2*1-2-4-6-5-3-1/h1-2,5-8H,3-4H2;1-8H;1-4H,5-6H2;1-6H. The summed E-state index contributed by atoms with van der Waals surface area (Å²) in [4.78, 5) is 0. The summed E-state index contributed by atoms with van der Waals surface area (Å²) in [5.74, 6) is 0. The maximum absolute atomic E-state index is 2.30. The fourth-order valence-electron chi connectivity index (χ4n) is 3.42. The molecule has 0 radical (unpaired) electrons. The minimum atomic E-state index is 1.21. The number of benzene rings is 4. The molecule has 32 heavy (non-hydrogen) atoms. The molecule has 4 aromatic rings. The second-order valence-corrected chi connectivity index (χ2v) is 7.55. The van der Waals surface area contributed by atoms with Gasteiger partial charge in [-0.15, -0.1) is 0 Å². The van der Waals surface area contributed by atoms with Gasteiger partial charge >= 0.3 is 0 Å². The number of fused-ring (bicyclic) bond motifs is 2. The van der Waals surface area contributed by atoms with Crippen molar-refractivity contribution in [3.63, 3.8) is 0 Å². The molecular formula is C32H32. The van der Waals surface area contributed by atoms with Crippen LogP contribution in [0.5, 0.6) is 0 Å². The molecule has 0 saturated heterocycles. The van der Waals surface area contributed by atoms with Crippen molar-refractivity contribution >= 4 is 22.9 Å². The third-order valence-electron chi connectivity index (χ3n) is 5.10. The second-order valence-electron chi connectivity index (χ2n) is 7.55. The Balaban J connectivity index is 0.000000124. The first-order valence-corrected chi connectivity index (χ1v) is 11.4. The van der Waals surface area contributed by atoms with Crippen LogP contribution in [0, 0.1) is 0 Å². The third-order valence-corrected chi connectivity index (χ3v) is 5.10. The van der Waals surface area contributed by atoms with E-state index in [1.807, 2.05) is 36.4 Å². The Bertz CT molecular complexity index is 1070. The summed E-state index contributed by atoms with van der Waals surface area (Å²) >= 11 is 0. The lowest BCUT2D eigenvalue weighted by Gasteiger charge is -1.96. The smallest absolute Gasteiger partial charge is 0.0184 e. The highest BCUT2D eigenvalue weighted by atomic mass is 13.9. The summed E-state index contributed by atoms with van der Waals surface area (Å²) in [5, 5.41) is 5.41. The van der Waals surface area contributed by atoms with Crippen LogP contribution in [0.25, 0.3) is 22.9 Å². The Morgan fingerprint density at radius 2 is 0.688 bits per heavy atom. The van der Waals surface area contributed by atoms with Gasteiger partial charge in [-0.05, 0) is 46.9 Å². The molecule has 0 N–H and O–H groups in total. The number of allylic oxidation sites excluding steroid dienone is 4. The molecule has 0 atom stereocenters. The molecule has 0 heterocycles. The molecule has 0 aliphatic heterocycles. The van der Waals surface area contributed by atoms with Crippen LogP contribution in [0.3, 0.4) is 0 Å². The predicted molar refractivity (Wildman–Crippen MR) is 142 cm³/mol. The lowest BCUT2D eigenvalue weighted by atomic mass is 10.1. The molecule has 2 aliphatic rings. The van der Waals surface area contributed by atoms with Crippen LogP contribution in [0.2, 0.25) is 0 Å². The van der Waals surface area contributed by atoms with Gasteiger partial charge in [0.15, 0.2) is 0 Å². The molecule has 0 amide bonds. The highest BCUT2D eigenvalue weighted by Gasteiger charge is 1.89. The average molecular weight is 417 g/mol. The Labute approximate surface area is 192 Å². The monoisotopic (exact) mass is 416 g/mol. The van der Waals surface area contributed by atoms with E-state index in [1.165, 1.54) is 46.9 Å². The van der Waals surface area contributed by atoms with E-state index in [4.69, 9.17) is 0 Å². The Hall–Kier alpha value is -3.64. The van der Waals surface area contributed by atoms with E-state index < -0.39 is 0 Å². The normalized spacial score (nSPS) is 12.8. The molecule has 0 saturated carbocycles. The maximum atomic E-state index is 2.30. The van der Waals surface area contributed by atoms with Crippen LogP contribution in [-0.4, -0.2) is 0 Å². The number of hydrogen-bond donors (Lipinski definition) is 0. The van der Waals surface area contributed by atoms with Gasteiger partial charge in [-0.2, -0.15) is 0 Å².